The van der Waals surface area contributed by atoms with Crippen LogP contribution in [0.25, 0.3) is 0 Å². The Bertz CT molecular complexity index is 506. The molecule has 0 amide bonds. The van der Waals surface area contributed by atoms with Crippen molar-refractivity contribution in [3.8, 4) is 17.6 Å². The highest BCUT2D eigenvalue weighted by Crippen LogP contribution is 2.40. The molecular formula is C12H14N2O4. The van der Waals surface area contributed by atoms with E-state index in [0.717, 1.165) is 0 Å². The molecule has 1 unspecified atom stereocenters. The van der Waals surface area contributed by atoms with E-state index in [1.807, 2.05) is 13.8 Å². The lowest BCUT2D eigenvalue weighted by atomic mass is 9.89. The van der Waals surface area contributed by atoms with Crippen LogP contribution in [0.2, 0.25) is 0 Å². The normalized spacial score (nSPS) is 11.9. The molecule has 1 aromatic carbocycles. The molecule has 1 rings (SSSR count). The summed E-state index contributed by atoms with van der Waals surface area (Å²) in [6, 6.07) is 4.76. The average molecular weight is 250 g/mol. The Balaban J connectivity index is 3.43. The molecule has 0 aliphatic carbocycles. The SMILES string of the molecule is COc1cc(C(C#N)C(C)C)cc([N+](=O)[O-])c1O. The number of nitro groups is 1. The maximum Gasteiger partial charge on any atom is 0.314 e. The molecular weight excluding hydrogens is 236 g/mol. The molecule has 18 heavy (non-hydrogen) atoms. The highest BCUT2D eigenvalue weighted by atomic mass is 16.6. The second kappa shape index (κ2) is 5.36. The molecule has 0 radical (unpaired) electrons. The van der Waals surface area contributed by atoms with Gasteiger partial charge in [-0.15, -0.1) is 0 Å². The highest BCUT2D eigenvalue weighted by Gasteiger charge is 2.24. The van der Waals surface area contributed by atoms with E-state index < -0.39 is 22.3 Å². The largest absolute Gasteiger partial charge is 0.500 e. The molecule has 1 N–H and O–H groups in total. The van der Waals surface area contributed by atoms with Crippen LogP contribution in [0.5, 0.6) is 11.5 Å². The van der Waals surface area contributed by atoms with Gasteiger partial charge in [0.1, 0.15) is 0 Å². The van der Waals surface area contributed by atoms with Gasteiger partial charge in [0.25, 0.3) is 0 Å². The van der Waals surface area contributed by atoms with Crippen LogP contribution in [0, 0.1) is 27.4 Å². The Labute approximate surface area is 105 Å². The van der Waals surface area contributed by atoms with E-state index in [1.54, 1.807) is 0 Å². The van der Waals surface area contributed by atoms with Crippen LogP contribution in [0.3, 0.4) is 0 Å². The summed E-state index contributed by atoms with van der Waals surface area (Å²) in [5.74, 6) is -1.01. The molecule has 0 aliphatic rings. The second-order valence-corrected chi connectivity index (χ2v) is 4.20. The van der Waals surface area contributed by atoms with E-state index >= 15 is 0 Å². The zero-order chi connectivity index (χ0) is 13.9. The molecule has 0 aromatic heterocycles. The van der Waals surface area contributed by atoms with Crippen molar-refractivity contribution in [1.29, 1.82) is 5.26 Å². The van der Waals surface area contributed by atoms with E-state index in [1.165, 1.54) is 19.2 Å². The highest BCUT2D eigenvalue weighted by molar-refractivity contribution is 5.58. The Morgan fingerprint density at radius 3 is 2.50 bits per heavy atom. The number of hydrogen-bond donors (Lipinski definition) is 1. The van der Waals surface area contributed by atoms with Crippen molar-refractivity contribution >= 4 is 5.69 Å². The third kappa shape index (κ3) is 2.51. The summed E-state index contributed by atoms with van der Waals surface area (Å²) in [6.07, 6.45) is 0. The molecule has 1 aromatic rings. The molecule has 96 valence electrons. The maximum absolute atomic E-state index is 10.8. The molecule has 0 heterocycles. The second-order valence-electron chi connectivity index (χ2n) is 4.20. The molecule has 6 nitrogen and oxygen atoms in total. The van der Waals surface area contributed by atoms with Crippen molar-refractivity contribution in [2.75, 3.05) is 7.11 Å². The van der Waals surface area contributed by atoms with E-state index in [0.29, 0.717) is 5.56 Å². The first-order chi connectivity index (χ1) is 8.42. The third-order valence-corrected chi connectivity index (χ3v) is 2.66. The van der Waals surface area contributed by atoms with Crippen LogP contribution in [0.1, 0.15) is 25.3 Å². The fourth-order valence-corrected chi connectivity index (χ4v) is 1.70. The van der Waals surface area contributed by atoms with Crippen molar-refractivity contribution in [3.63, 3.8) is 0 Å². The minimum absolute atomic E-state index is 0.0000926. The number of nitrogens with zero attached hydrogens (tertiary/aromatic N) is 2. The van der Waals surface area contributed by atoms with Crippen molar-refractivity contribution in [2.45, 2.75) is 19.8 Å². The predicted octanol–water partition coefficient (Wildman–Crippen LogP) is 2.57. The fourth-order valence-electron chi connectivity index (χ4n) is 1.70. The predicted molar refractivity (Wildman–Crippen MR) is 64.5 cm³/mol. The van der Waals surface area contributed by atoms with Crippen LogP contribution in [-0.4, -0.2) is 17.1 Å². The number of nitro benzene ring substituents is 1. The number of nitriles is 1. The summed E-state index contributed by atoms with van der Waals surface area (Å²) in [7, 11) is 1.30. The van der Waals surface area contributed by atoms with Gasteiger partial charge in [-0.2, -0.15) is 5.26 Å². The minimum atomic E-state index is -0.698. The summed E-state index contributed by atoms with van der Waals surface area (Å²) in [5, 5.41) is 29.5. The average Bonchev–Trinajstić information content (AvgIpc) is 2.30. The molecule has 0 spiro atoms. The Hall–Kier alpha value is -2.29. The van der Waals surface area contributed by atoms with Gasteiger partial charge >= 0.3 is 5.69 Å². The standard InChI is InChI=1S/C12H14N2O4/c1-7(2)9(6-13)8-4-10(14(16)17)12(15)11(5-8)18-3/h4-5,7,9,15H,1-3H3. The van der Waals surface area contributed by atoms with Crippen LogP contribution in [0.15, 0.2) is 12.1 Å². The first kappa shape index (κ1) is 13.8. The zero-order valence-electron chi connectivity index (χ0n) is 10.4. The van der Waals surface area contributed by atoms with Gasteiger partial charge in [-0.25, -0.2) is 0 Å². The van der Waals surface area contributed by atoms with Crippen molar-refractivity contribution in [1.82, 2.24) is 0 Å². The summed E-state index contributed by atoms with van der Waals surface area (Å²) in [5.41, 5.74) is 0.0131. The monoisotopic (exact) mass is 250 g/mol. The number of phenolic OH excluding ortho intramolecular Hbond substituents is 1. The van der Waals surface area contributed by atoms with Gasteiger partial charge in [0, 0.05) is 6.07 Å². The molecule has 6 heteroatoms. The molecule has 0 fully saturated rings. The van der Waals surface area contributed by atoms with Gasteiger partial charge in [0.05, 0.1) is 24.0 Å². The van der Waals surface area contributed by atoms with Crippen molar-refractivity contribution < 1.29 is 14.8 Å². The topological polar surface area (TPSA) is 96.4 Å². The number of phenols is 1. The lowest BCUT2D eigenvalue weighted by Gasteiger charge is -2.14. The Morgan fingerprint density at radius 1 is 1.50 bits per heavy atom. The van der Waals surface area contributed by atoms with Crippen LogP contribution in [0.4, 0.5) is 5.69 Å². The summed E-state index contributed by atoms with van der Waals surface area (Å²) in [4.78, 5) is 10.1. The number of benzene rings is 1. The fraction of sp³-hybridized carbons (Fsp3) is 0.417. The summed E-state index contributed by atoms with van der Waals surface area (Å²) >= 11 is 0. The first-order valence-corrected chi connectivity index (χ1v) is 5.37. The maximum atomic E-state index is 10.8. The van der Waals surface area contributed by atoms with Gasteiger partial charge in [-0.1, -0.05) is 13.8 Å². The van der Waals surface area contributed by atoms with Gasteiger partial charge in [-0.3, -0.25) is 10.1 Å². The minimum Gasteiger partial charge on any atom is -0.500 e. The molecule has 0 saturated heterocycles. The van der Waals surface area contributed by atoms with Gasteiger partial charge in [0.15, 0.2) is 5.75 Å². The van der Waals surface area contributed by atoms with E-state index in [4.69, 9.17) is 10.00 Å². The van der Waals surface area contributed by atoms with Crippen LogP contribution < -0.4 is 4.74 Å². The Morgan fingerprint density at radius 2 is 2.11 bits per heavy atom. The lowest BCUT2D eigenvalue weighted by molar-refractivity contribution is -0.386. The van der Waals surface area contributed by atoms with Crippen molar-refractivity contribution in [3.05, 3.63) is 27.8 Å². The number of rotatable bonds is 4. The quantitative estimate of drug-likeness (QED) is 0.654. The summed E-state index contributed by atoms with van der Waals surface area (Å²) < 4.78 is 4.89. The number of aromatic hydroxyl groups is 1. The third-order valence-electron chi connectivity index (χ3n) is 2.66. The van der Waals surface area contributed by atoms with E-state index in [2.05, 4.69) is 6.07 Å². The molecule has 0 bridgehead atoms. The number of ether oxygens (including phenoxy) is 1. The number of methoxy groups -OCH3 is 1. The van der Waals surface area contributed by atoms with Crippen LogP contribution >= 0.6 is 0 Å². The molecule has 1 atom stereocenters. The van der Waals surface area contributed by atoms with Gasteiger partial charge in [-0.05, 0) is 17.5 Å². The van der Waals surface area contributed by atoms with Gasteiger partial charge in [0.2, 0.25) is 5.75 Å². The van der Waals surface area contributed by atoms with Crippen molar-refractivity contribution in [2.24, 2.45) is 5.92 Å². The first-order valence-electron chi connectivity index (χ1n) is 5.37. The van der Waals surface area contributed by atoms with E-state index in [9.17, 15) is 15.2 Å². The Kier molecular flexibility index (Phi) is 4.10. The summed E-state index contributed by atoms with van der Waals surface area (Å²) in [6.45, 7) is 3.69. The molecule has 0 aliphatic heterocycles. The van der Waals surface area contributed by atoms with E-state index in [-0.39, 0.29) is 11.7 Å². The smallest absolute Gasteiger partial charge is 0.314 e. The molecule has 0 saturated carbocycles. The van der Waals surface area contributed by atoms with Crippen LogP contribution in [-0.2, 0) is 0 Å². The van der Waals surface area contributed by atoms with Gasteiger partial charge < -0.3 is 9.84 Å². The lowest BCUT2D eigenvalue weighted by Crippen LogP contribution is -2.05. The number of hydrogen-bond acceptors (Lipinski definition) is 5. The zero-order valence-corrected chi connectivity index (χ0v) is 10.4.